The number of hydrogen-bond donors (Lipinski definition) is 1. The van der Waals surface area contributed by atoms with Gasteiger partial charge in [0.05, 0.1) is 6.33 Å². The quantitative estimate of drug-likeness (QED) is 0.489. The molecule has 4 heterocycles. The molecule has 3 aromatic rings. The van der Waals surface area contributed by atoms with Crippen molar-refractivity contribution in [3.8, 4) is 0 Å². The van der Waals surface area contributed by atoms with Gasteiger partial charge < -0.3 is 23.0 Å². The molecule has 26 heavy (non-hydrogen) atoms. The van der Waals surface area contributed by atoms with Crippen molar-refractivity contribution in [2.24, 2.45) is 0 Å². The van der Waals surface area contributed by atoms with Crippen LogP contribution in [-0.4, -0.2) is 51.0 Å². The van der Waals surface area contributed by atoms with Crippen LogP contribution in [-0.2, 0) is 23.1 Å². The van der Waals surface area contributed by atoms with E-state index in [1.165, 1.54) is 25.1 Å². The number of fused-ring (bicyclic) bond motifs is 3. The lowest BCUT2D eigenvalue weighted by Crippen LogP contribution is -2.16. The van der Waals surface area contributed by atoms with Crippen LogP contribution in [0.15, 0.2) is 29.3 Å². The van der Waals surface area contributed by atoms with Crippen molar-refractivity contribution in [1.29, 1.82) is 5.41 Å². The fraction of sp³-hybridized carbons (Fsp3) is 0.385. The molecule has 0 aromatic carbocycles. The Balaban J connectivity index is 1.54. The molecule has 0 unspecified atom stereocenters. The number of aromatic nitrogens is 5. The zero-order chi connectivity index (χ0) is 18.3. The van der Waals surface area contributed by atoms with E-state index in [2.05, 4.69) is 15.0 Å². The highest BCUT2D eigenvalue weighted by atomic mass is 31.2. The summed E-state index contributed by atoms with van der Waals surface area (Å²) in [4.78, 5) is 12.5. The summed E-state index contributed by atoms with van der Waals surface area (Å²) in [7, 11) is -0.709. The highest BCUT2D eigenvalue weighted by Gasteiger charge is 2.28. The summed E-state index contributed by atoms with van der Waals surface area (Å²) in [6.07, 6.45) is 4.90. The third-order valence-corrected chi connectivity index (χ3v) is 5.38. The summed E-state index contributed by atoms with van der Waals surface area (Å²) in [6, 6.07) is 0. The third-order valence-electron chi connectivity index (χ3n) is 3.80. The first kappa shape index (κ1) is 17.1. The van der Waals surface area contributed by atoms with Gasteiger partial charge in [0.2, 0.25) is 5.65 Å². The predicted molar refractivity (Wildman–Crippen MR) is 85.0 cm³/mol. The van der Waals surface area contributed by atoms with Crippen LogP contribution >= 0.6 is 7.60 Å². The van der Waals surface area contributed by atoms with E-state index >= 15 is 0 Å². The molecular weight excluding hydrogens is 367 g/mol. The number of nitrogens with one attached hydrogen (secondary N) is 1. The highest BCUT2D eigenvalue weighted by Crippen LogP contribution is 2.46. The Morgan fingerprint density at radius 1 is 1.23 bits per heavy atom. The molecule has 1 aliphatic heterocycles. The Kier molecular flexibility index (Phi) is 4.21. The van der Waals surface area contributed by atoms with Gasteiger partial charge in [-0.1, -0.05) is 0 Å². The van der Waals surface area contributed by atoms with Crippen LogP contribution in [0.25, 0.3) is 16.8 Å². The van der Waals surface area contributed by atoms with Gasteiger partial charge in [-0.2, -0.15) is 4.98 Å². The first-order chi connectivity index (χ1) is 12.5. The summed E-state index contributed by atoms with van der Waals surface area (Å²) in [5.74, 6) is 0. The minimum absolute atomic E-state index is 0.236. The average Bonchev–Trinajstić information content (AvgIpc) is 3.35. The van der Waals surface area contributed by atoms with Gasteiger partial charge >= 0.3 is 13.3 Å². The summed E-state index contributed by atoms with van der Waals surface area (Å²) in [6.45, 7) is 0. The lowest BCUT2D eigenvalue weighted by Gasteiger charge is -2.18. The van der Waals surface area contributed by atoms with E-state index in [9.17, 15) is 4.57 Å². The van der Waals surface area contributed by atoms with E-state index in [1.807, 2.05) is 0 Å². The van der Waals surface area contributed by atoms with Crippen molar-refractivity contribution < 1.29 is 27.6 Å². The highest BCUT2D eigenvalue weighted by molar-refractivity contribution is 7.53. The molecule has 1 N–H and O–H groups in total. The molecule has 0 saturated carbocycles. The maximum absolute atomic E-state index is 12.0. The summed E-state index contributed by atoms with van der Waals surface area (Å²) >= 11 is 0. The Morgan fingerprint density at radius 3 is 2.81 bits per heavy atom. The molecule has 0 bridgehead atoms. The SMILES string of the molecule is COP(=O)(CO[C@@H]1C=C[C@H](n2cnc3c2ncn2oc(=N)nc32)O1)OC. The fourth-order valence-corrected chi connectivity index (χ4v) is 3.17. The Bertz CT molecular complexity index is 1080. The van der Waals surface area contributed by atoms with Crippen LogP contribution < -0.4 is 5.68 Å². The second kappa shape index (κ2) is 6.41. The maximum Gasteiger partial charge on any atom is 0.355 e. The van der Waals surface area contributed by atoms with Crippen molar-refractivity contribution in [2.45, 2.75) is 12.5 Å². The van der Waals surface area contributed by atoms with Crippen molar-refractivity contribution in [3.05, 3.63) is 30.5 Å². The van der Waals surface area contributed by atoms with E-state index < -0.39 is 20.1 Å². The summed E-state index contributed by atoms with van der Waals surface area (Å²) < 4.78 is 40.8. The van der Waals surface area contributed by atoms with Crippen molar-refractivity contribution in [3.63, 3.8) is 0 Å². The zero-order valence-electron chi connectivity index (χ0n) is 13.8. The van der Waals surface area contributed by atoms with Gasteiger partial charge in [-0.25, -0.2) is 15.4 Å². The molecule has 13 heteroatoms. The van der Waals surface area contributed by atoms with Crippen LogP contribution in [0, 0.1) is 5.41 Å². The van der Waals surface area contributed by atoms with E-state index in [0.29, 0.717) is 16.8 Å². The molecular formula is C13H15N6O6P. The van der Waals surface area contributed by atoms with E-state index in [-0.39, 0.29) is 12.0 Å². The lowest BCUT2D eigenvalue weighted by atomic mass is 10.4. The minimum atomic E-state index is -3.28. The predicted octanol–water partition coefficient (Wildman–Crippen LogP) is 1.02. The second-order valence-corrected chi connectivity index (χ2v) is 7.49. The molecule has 2 atom stereocenters. The summed E-state index contributed by atoms with van der Waals surface area (Å²) in [5, 5.41) is 7.47. The topological polar surface area (TPSA) is 139 Å². The maximum atomic E-state index is 12.0. The van der Waals surface area contributed by atoms with Gasteiger partial charge in [-0.3, -0.25) is 9.13 Å². The molecule has 4 rings (SSSR count). The van der Waals surface area contributed by atoms with Crippen molar-refractivity contribution in [1.82, 2.24) is 24.1 Å². The number of rotatable bonds is 6. The molecule has 0 aliphatic carbocycles. The lowest BCUT2D eigenvalue weighted by molar-refractivity contribution is -0.126. The van der Waals surface area contributed by atoms with Crippen LogP contribution in [0.2, 0.25) is 0 Å². The number of nitrogens with zero attached hydrogens (tertiary/aromatic N) is 5. The molecule has 0 spiro atoms. The van der Waals surface area contributed by atoms with Gasteiger partial charge in [0.25, 0.3) is 0 Å². The molecule has 1 aliphatic rings. The zero-order valence-corrected chi connectivity index (χ0v) is 14.7. The van der Waals surface area contributed by atoms with Crippen molar-refractivity contribution >= 4 is 24.4 Å². The number of ether oxygens (including phenoxy) is 2. The Morgan fingerprint density at radius 2 is 2.04 bits per heavy atom. The molecule has 12 nitrogen and oxygen atoms in total. The number of imidazole rings is 1. The van der Waals surface area contributed by atoms with Gasteiger partial charge in [-0.05, 0) is 12.2 Å². The third kappa shape index (κ3) is 2.87. The van der Waals surface area contributed by atoms with Gasteiger partial charge in [0, 0.05) is 14.2 Å². The van der Waals surface area contributed by atoms with Gasteiger partial charge in [-0.15, -0.1) is 4.57 Å². The molecule has 0 amide bonds. The second-order valence-electron chi connectivity index (χ2n) is 5.28. The smallest absolute Gasteiger partial charge is 0.336 e. The van der Waals surface area contributed by atoms with Crippen LogP contribution in [0.1, 0.15) is 6.23 Å². The van der Waals surface area contributed by atoms with Crippen molar-refractivity contribution in [2.75, 3.05) is 20.6 Å². The minimum Gasteiger partial charge on any atom is -0.336 e. The standard InChI is InChI=1S/C13H15N6O6P/c1-21-26(20,22-2)7-23-9-4-3-8(24-9)18-5-15-10-11(18)16-6-19-12(10)17-13(14)25-19/h3-6,8-9,14H,7H2,1-2H3/t8-,9+/m1/s1. The first-order valence-electron chi connectivity index (χ1n) is 7.45. The first-order valence-corrected chi connectivity index (χ1v) is 9.17. The summed E-state index contributed by atoms with van der Waals surface area (Å²) in [5.41, 5.74) is 1.13. The fourth-order valence-electron chi connectivity index (χ4n) is 2.48. The molecule has 0 saturated heterocycles. The number of hydrogen-bond acceptors (Lipinski definition) is 10. The van der Waals surface area contributed by atoms with E-state index in [1.54, 1.807) is 23.0 Å². The van der Waals surface area contributed by atoms with Crippen LogP contribution in [0.4, 0.5) is 0 Å². The van der Waals surface area contributed by atoms with Crippen LogP contribution in [0.3, 0.4) is 0 Å². The van der Waals surface area contributed by atoms with Crippen LogP contribution in [0.5, 0.6) is 0 Å². The van der Waals surface area contributed by atoms with E-state index in [4.69, 9.17) is 28.5 Å². The van der Waals surface area contributed by atoms with E-state index in [0.717, 1.165) is 0 Å². The van der Waals surface area contributed by atoms with Gasteiger partial charge in [0.1, 0.15) is 6.33 Å². The largest absolute Gasteiger partial charge is 0.355 e. The Labute approximate surface area is 146 Å². The van der Waals surface area contributed by atoms with Gasteiger partial charge in [0.15, 0.2) is 30.0 Å². The average molecular weight is 382 g/mol. The molecule has 3 aromatic heterocycles. The molecule has 138 valence electrons. The molecule has 0 fully saturated rings. The molecule has 0 radical (unpaired) electrons. The normalized spacial score (nSPS) is 20.5. The monoisotopic (exact) mass is 382 g/mol. The Hall–Kier alpha value is -2.37.